The predicted octanol–water partition coefficient (Wildman–Crippen LogP) is -1.22. The van der Waals surface area contributed by atoms with E-state index in [2.05, 4.69) is 10.9 Å². The van der Waals surface area contributed by atoms with Crippen LogP contribution in [0.4, 0.5) is 0 Å². The Kier molecular flexibility index (Phi) is 2.61. The van der Waals surface area contributed by atoms with Crippen molar-refractivity contribution < 1.29 is 19.8 Å². The van der Waals surface area contributed by atoms with Gasteiger partial charge in [-0.15, -0.1) is 0 Å². The SMILES string of the molecule is O=C(O)[C@H]1CC[C@H](C(=O)O)NN1. The third-order valence-corrected chi connectivity index (χ3v) is 1.77. The molecule has 12 heavy (non-hydrogen) atoms. The Morgan fingerprint density at radius 1 is 1.00 bits per heavy atom. The molecule has 0 aromatic heterocycles. The van der Waals surface area contributed by atoms with Gasteiger partial charge >= 0.3 is 11.9 Å². The predicted molar refractivity (Wildman–Crippen MR) is 38.4 cm³/mol. The highest BCUT2D eigenvalue weighted by Crippen LogP contribution is 2.06. The Morgan fingerprint density at radius 3 is 1.50 bits per heavy atom. The lowest BCUT2D eigenvalue weighted by atomic mass is 10.0. The lowest BCUT2D eigenvalue weighted by molar-refractivity contribution is -0.145. The van der Waals surface area contributed by atoms with Gasteiger partial charge in [0.1, 0.15) is 12.1 Å². The van der Waals surface area contributed by atoms with Crippen LogP contribution in [0.25, 0.3) is 0 Å². The Morgan fingerprint density at radius 2 is 1.33 bits per heavy atom. The van der Waals surface area contributed by atoms with E-state index < -0.39 is 24.0 Å². The number of nitrogens with one attached hydrogen (secondary N) is 2. The maximum atomic E-state index is 10.4. The third-order valence-electron chi connectivity index (χ3n) is 1.77. The molecule has 0 unspecified atom stereocenters. The van der Waals surface area contributed by atoms with E-state index in [1.807, 2.05) is 0 Å². The highest BCUT2D eigenvalue weighted by Gasteiger charge is 2.28. The van der Waals surface area contributed by atoms with Crippen molar-refractivity contribution in [1.82, 2.24) is 10.9 Å². The number of rotatable bonds is 2. The Hall–Kier alpha value is -1.14. The van der Waals surface area contributed by atoms with Gasteiger partial charge in [0.05, 0.1) is 0 Å². The smallest absolute Gasteiger partial charge is 0.322 e. The molecule has 0 aromatic carbocycles. The zero-order chi connectivity index (χ0) is 9.14. The van der Waals surface area contributed by atoms with Crippen LogP contribution < -0.4 is 10.9 Å². The molecule has 0 aliphatic carbocycles. The zero-order valence-corrected chi connectivity index (χ0v) is 6.28. The van der Waals surface area contributed by atoms with Crippen molar-refractivity contribution in [1.29, 1.82) is 0 Å². The summed E-state index contributed by atoms with van der Waals surface area (Å²) in [6, 6.07) is -1.36. The summed E-state index contributed by atoms with van der Waals surface area (Å²) in [6.07, 6.45) is 0.665. The standard InChI is InChI=1S/C6H10N2O4/c9-5(10)3-1-2-4(6(11)12)8-7-3/h3-4,7-8H,1-2H2,(H,9,10)(H,11,12)/t3-,4-/m1/s1. The summed E-state index contributed by atoms with van der Waals surface area (Å²) in [4.78, 5) is 20.8. The molecule has 0 saturated carbocycles. The molecule has 0 bridgehead atoms. The van der Waals surface area contributed by atoms with Gasteiger partial charge in [-0.1, -0.05) is 0 Å². The van der Waals surface area contributed by atoms with E-state index in [4.69, 9.17) is 10.2 Å². The lowest BCUT2D eigenvalue weighted by Gasteiger charge is -2.25. The van der Waals surface area contributed by atoms with E-state index in [1.54, 1.807) is 0 Å². The van der Waals surface area contributed by atoms with E-state index in [9.17, 15) is 9.59 Å². The average molecular weight is 174 g/mol. The second-order valence-corrected chi connectivity index (χ2v) is 2.65. The van der Waals surface area contributed by atoms with E-state index >= 15 is 0 Å². The second-order valence-electron chi connectivity index (χ2n) is 2.65. The van der Waals surface area contributed by atoms with E-state index in [-0.39, 0.29) is 0 Å². The van der Waals surface area contributed by atoms with Gasteiger partial charge in [-0.3, -0.25) is 9.59 Å². The molecule has 68 valence electrons. The van der Waals surface area contributed by atoms with E-state index in [1.165, 1.54) is 0 Å². The Bertz CT molecular complexity index is 176. The summed E-state index contributed by atoms with van der Waals surface area (Å²) in [7, 11) is 0. The lowest BCUT2D eigenvalue weighted by Crippen LogP contribution is -2.57. The molecule has 1 rings (SSSR count). The van der Waals surface area contributed by atoms with Crippen molar-refractivity contribution in [2.75, 3.05) is 0 Å². The van der Waals surface area contributed by atoms with Gasteiger partial charge in [0.2, 0.25) is 0 Å². The van der Waals surface area contributed by atoms with Crippen LogP contribution >= 0.6 is 0 Å². The minimum atomic E-state index is -0.966. The number of carboxylic acids is 2. The van der Waals surface area contributed by atoms with Crippen LogP contribution in [0.5, 0.6) is 0 Å². The summed E-state index contributed by atoms with van der Waals surface area (Å²) in [5.74, 6) is -1.93. The molecule has 1 aliphatic rings. The molecule has 0 spiro atoms. The first-order valence-electron chi connectivity index (χ1n) is 3.58. The maximum absolute atomic E-state index is 10.4. The first-order chi connectivity index (χ1) is 5.61. The number of carboxylic acid groups (broad SMARTS) is 2. The molecule has 0 amide bonds. The summed E-state index contributed by atoms with van der Waals surface area (Å²) in [6.45, 7) is 0. The highest BCUT2D eigenvalue weighted by molar-refractivity contribution is 5.76. The monoisotopic (exact) mass is 174 g/mol. The van der Waals surface area contributed by atoms with Gasteiger partial charge < -0.3 is 10.2 Å². The van der Waals surface area contributed by atoms with Crippen LogP contribution in [0, 0.1) is 0 Å². The van der Waals surface area contributed by atoms with Gasteiger partial charge in [0.25, 0.3) is 0 Å². The maximum Gasteiger partial charge on any atom is 0.322 e. The van der Waals surface area contributed by atoms with Crippen LogP contribution in [-0.4, -0.2) is 34.2 Å². The first-order valence-corrected chi connectivity index (χ1v) is 3.58. The molecular formula is C6H10N2O4. The normalized spacial score (nSPS) is 29.7. The second kappa shape index (κ2) is 3.51. The Balaban J connectivity index is 2.39. The minimum absolute atomic E-state index is 0.333. The molecule has 2 atom stereocenters. The zero-order valence-electron chi connectivity index (χ0n) is 6.28. The van der Waals surface area contributed by atoms with Crippen LogP contribution in [0.3, 0.4) is 0 Å². The van der Waals surface area contributed by atoms with Crippen LogP contribution in [0.1, 0.15) is 12.8 Å². The molecular weight excluding hydrogens is 164 g/mol. The number of hydrazine groups is 1. The molecule has 1 saturated heterocycles. The van der Waals surface area contributed by atoms with Crippen molar-refractivity contribution in [3.8, 4) is 0 Å². The molecule has 1 heterocycles. The van der Waals surface area contributed by atoms with Crippen molar-refractivity contribution in [2.24, 2.45) is 0 Å². The quantitative estimate of drug-likeness (QED) is 0.419. The van der Waals surface area contributed by atoms with Crippen LogP contribution in [0.2, 0.25) is 0 Å². The van der Waals surface area contributed by atoms with Gasteiger partial charge in [-0.25, -0.2) is 10.9 Å². The van der Waals surface area contributed by atoms with Crippen molar-refractivity contribution >= 4 is 11.9 Å². The van der Waals surface area contributed by atoms with Gasteiger partial charge in [-0.05, 0) is 12.8 Å². The molecule has 0 aromatic rings. The minimum Gasteiger partial charge on any atom is -0.480 e. The average Bonchev–Trinajstić information content (AvgIpc) is 2.04. The molecule has 0 radical (unpaired) electrons. The molecule has 1 aliphatic heterocycles. The fraction of sp³-hybridized carbons (Fsp3) is 0.667. The fourth-order valence-electron chi connectivity index (χ4n) is 1.05. The Labute approximate surface area is 68.5 Å². The number of aliphatic carboxylic acids is 2. The van der Waals surface area contributed by atoms with Crippen molar-refractivity contribution in [3.05, 3.63) is 0 Å². The molecule has 6 nitrogen and oxygen atoms in total. The molecule has 6 heteroatoms. The topological polar surface area (TPSA) is 98.7 Å². The number of hydrogen-bond acceptors (Lipinski definition) is 4. The molecule has 4 N–H and O–H groups in total. The van der Waals surface area contributed by atoms with Crippen LogP contribution in [-0.2, 0) is 9.59 Å². The summed E-state index contributed by atoms with van der Waals surface area (Å²) in [5.41, 5.74) is 4.84. The van der Waals surface area contributed by atoms with Crippen molar-refractivity contribution in [2.45, 2.75) is 24.9 Å². The largest absolute Gasteiger partial charge is 0.480 e. The highest BCUT2D eigenvalue weighted by atomic mass is 16.4. The van der Waals surface area contributed by atoms with E-state index in [0.29, 0.717) is 12.8 Å². The summed E-state index contributed by atoms with van der Waals surface area (Å²) >= 11 is 0. The van der Waals surface area contributed by atoms with Crippen molar-refractivity contribution in [3.63, 3.8) is 0 Å². The third kappa shape index (κ3) is 1.93. The van der Waals surface area contributed by atoms with Gasteiger partial charge in [0, 0.05) is 0 Å². The summed E-state index contributed by atoms with van der Waals surface area (Å²) < 4.78 is 0. The fourth-order valence-corrected chi connectivity index (χ4v) is 1.05. The van der Waals surface area contributed by atoms with Crippen LogP contribution in [0.15, 0.2) is 0 Å². The molecule has 1 fully saturated rings. The van der Waals surface area contributed by atoms with Gasteiger partial charge in [0.15, 0.2) is 0 Å². The van der Waals surface area contributed by atoms with Gasteiger partial charge in [-0.2, -0.15) is 0 Å². The number of hydrogen-bond donors (Lipinski definition) is 4. The summed E-state index contributed by atoms with van der Waals surface area (Å²) in [5, 5.41) is 17.0. The van der Waals surface area contributed by atoms with E-state index in [0.717, 1.165) is 0 Å². The number of carbonyl (C=O) groups is 2. The first kappa shape index (κ1) is 8.95.